The van der Waals surface area contributed by atoms with Crippen LogP contribution in [0.25, 0.3) is 0 Å². The van der Waals surface area contributed by atoms with E-state index < -0.39 is 5.97 Å². The van der Waals surface area contributed by atoms with E-state index in [9.17, 15) is 4.79 Å². The molecule has 0 amide bonds. The third kappa shape index (κ3) is 3.20. The van der Waals surface area contributed by atoms with Crippen molar-refractivity contribution in [2.75, 3.05) is 6.54 Å². The highest BCUT2D eigenvalue weighted by Gasteiger charge is 2.03. The van der Waals surface area contributed by atoms with Crippen molar-refractivity contribution in [3.8, 4) is 0 Å². The second-order valence-electron chi connectivity index (χ2n) is 2.46. The lowest BCUT2D eigenvalue weighted by molar-refractivity contribution is -0.136. The summed E-state index contributed by atoms with van der Waals surface area (Å²) in [6, 6.07) is 0. The number of hydrogen-bond acceptors (Lipinski definition) is 5. The van der Waals surface area contributed by atoms with Crippen molar-refractivity contribution in [2.45, 2.75) is 19.9 Å². The normalized spacial score (nSPS) is 10.2. The molecule has 0 saturated heterocycles. The van der Waals surface area contributed by atoms with Gasteiger partial charge in [-0.25, -0.2) is 0 Å². The van der Waals surface area contributed by atoms with Crippen LogP contribution in [0.3, 0.4) is 0 Å². The average Bonchev–Trinajstić information content (AvgIpc) is 2.52. The molecule has 0 saturated carbocycles. The number of aryl methyl sites for hydroxylation is 1. The van der Waals surface area contributed by atoms with Crippen LogP contribution in [0.15, 0.2) is 4.52 Å². The number of aromatic nitrogens is 2. The van der Waals surface area contributed by atoms with Crippen LogP contribution in [0.1, 0.15) is 18.6 Å². The lowest BCUT2D eigenvalue weighted by atomic mass is 10.5. The van der Waals surface area contributed by atoms with Crippen molar-refractivity contribution < 1.29 is 14.4 Å². The molecule has 1 aromatic heterocycles. The molecule has 2 N–H and O–H groups in total. The van der Waals surface area contributed by atoms with Gasteiger partial charge in [-0.15, -0.1) is 0 Å². The van der Waals surface area contributed by atoms with Crippen molar-refractivity contribution >= 4 is 5.97 Å². The second kappa shape index (κ2) is 4.56. The predicted octanol–water partition coefficient (Wildman–Crippen LogP) is -0.194. The molecule has 0 radical (unpaired) electrons. The van der Waals surface area contributed by atoms with Crippen LogP contribution in [-0.4, -0.2) is 27.8 Å². The Hall–Kier alpha value is -1.43. The van der Waals surface area contributed by atoms with E-state index in [0.717, 1.165) is 0 Å². The molecule has 72 valence electrons. The summed E-state index contributed by atoms with van der Waals surface area (Å²) in [6.45, 7) is 2.12. The molecule has 0 fully saturated rings. The molecular weight excluding hydrogens is 174 g/mol. The van der Waals surface area contributed by atoms with Gasteiger partial charge >= 0.3 is 5.97 Å². The first-order valence-corrected chi connectivity index (χ1v) is 3.96. The minimum absolute atomic E-state index is 0.101. The van der Waals surface area contributed by atoms with Gasteiger partial charge < -0.3 is 9.63 Å². The first-order valence-electron chi connectivity index (χ1n) is 3.96. The fourth-order valence-corrected chi connectivity index (χ4v) is 0.787. The van der Waals surface area contributed by atoms with Gasteiger partial charge in [0.2, 0.25) is 5.89 Å². The molecule has 1 rings (SSSR count). The number of carbonyl (C=O) groups is 1. The van der Waals surface area contributed by atoms with Crippen molar-refractivity contribution in [2.24, 2.45) is 0 Å². The van der Waals surface area contributed by atoms with Gasteiger partial charge in [-0.2, -0.15) is 4.98 Å². The van der Waals surface area contributed by atoms with Crippen LogP contribution >= 0.6 is 0 Å². The van der Waals surface area contributed by atoms with E-state index in [-0.39, 0.29) is 6.54 Å². The maximum atomic E-state index is 10.1. The molecule has 1 heterocycles. The summed E-state index contributed by atoms with van der Waals surface area (Å²) in [5, 5.41) is 14.6. The Kier molecular flexibility index (Phi) is 3.39. The Balaban J connectivity index is 2.32. The zero-order valence-corrected chi connectivity index (χ0v) is 7.28. The average molecular weight is 185 g/mol. The van der Waals surface area contributed by atoms with E-state index in [0.29, 0.717) is 24.7 Å². The maximum Gasteiger partial charge on any atom is 0.317 e. The Morgan fingerprint density at radius 1 is 1.69 bits per heavy atom. The fourth-order valence-electron chi connectivity index (χ4n) is 0.787. The Morgan fingerprint density at radius 2 is 2.46 bits per heavy atom. The van der Waals surface area contributed by atoms with Crippen molar-refractivity contribution in [3.63, 3.8) is 0 Å². The number of nitrogens with zero attached hydrogens (tertiary/aromatic N) is 2. The van der Waals surface area contributed by atoms with Crippen LogP contribution in [0, 0.1) is 0 Å². The summed E-state index contributed by atoms with van der Waals surface area (Å²) in [4.78, 5) is 14.1. The standard InChI is InChI=1S/C7H11N3O3/c1-2-6-9-5(10-13-6)3-8-4-7(11)12/h8H,2-4H2,1H3,(H,11,12). The molecule has 0 unspecified atom stereocenters. The Labute approximate surface area is 74.9 Å². The van der Waals surface area contributed by atoms with Gasteiger partial charge in [0.15, 0.2) is 5.82 Å². The minimum Gasteiger partial charge on any atom is -0.480 e. The number of hydrogen-bond donors (Lipinski definition) is 2. The van der Waals surface area contributed by atoms with E-state index in [1.54, 1.807) is 0 Å². The van der Waals surface area contributed by atoms with Gasteiger partial charge in [-0.1, -0.05) is 12.1 Å². The predicted molar refractivity (Wildman–Crippen MR) is 43.0 cm³/mol. The van der Waals surface area contributed by atoms with E-state index >= 15 is 0 Å². The smallest absolute Gasteiger partial charge is 0.317 e. The van der Waals surface area contributed by atoms with Crippen molar-refractivity contribution in [3.05, 3.63) is 11.7 Å². The van der Waals surface area contributed by atoms with Crippen molar-refractivity contribution in [1.29, 1.82) is 0 Å². The maximum absolute atomic E-state index is 10.1. The first kappa shape index (κ1) is 9.66. The number of nitrogens with one attached hydrogen (secondary N) is 1. The SMILES string of the molecule is CCc1nc(CNCC(=O)O)no1. The van der Waals surface area contributed by atoms with E-state index in [2.05, 4.69) is 15.5 Å². The molecule has 0 bridgehead atoms. The summed E-state index contributed by atoms with van der Waals surface area (Å²) in [5.74, 6) is 0.143. The summed E-state index contributed by atoms with van der Waals surface area (Å²) in [6.07, 6.45) is 0.686. The van der Waals surface area contributed by atoms with Gasteiger partial charge in [-0.05, 0) is 0 Å². The molecule has 0 aliphatic carbocycles. The molecule has 6 heteroatoms. The van der Waals surface area contributed by atoms with E-state index in [1.165, 1.54) is 0 Å². The third-order valence-corrected chi connectivity index (χ3v) is 1.37. The van der Waals surface area contributed by atoms with Crippen LogP contribution in [-0.2, 0) is 17.8 Å². The molecule has 0 aliphatic rings. The summed E-state index contributed by atoms with van der Waals surface area (Å²) in [5.41, 5.74) is 0. The minimum atomic E-state index is -0.904. The molecule has 6 nitrogen and oxygen atoms in total. The lowest BCUT2D eigenvalue weighted by Gasteiger charge is -1.94. The fraction of sp³-hybridized carbons (Fsp3) is 0.571. The second-order valence-corrected chi connectivity index (χ2v) is 2.46. The summed E-state index contributed by atoms with van der Waals surface area (Å²) >= 11 is 0. The largest absolute Gasteiger partial charge is 0.480 e. The zero-order valence-electron chi connectivity index (χ0n) is 7.28. The van der Waals surface area contributed by atoms with Gasteiger partial charge in [0.1, 0.15) is 0 Å². The van der Waals surface area contributed by atoms with Crippen molar-refractivity contribution in [1.82, 2.24) is 15.5 Å². The van der Waals surface area contributed by atoms with Crippen LogP contribution in [0.4, 0.5) is 0 Å². The zero-order chi connectivity index (χ0) is 9.68. The monoisotopic (exact) mass is 185 g/mol. The molecule has 13 heavy (non-hydrogen) atoms. The third-order valence-electron chi connectivity index (χ3n) is 1.37. The van der Waals surface area contributed by atoms with Gasteiger partial charge in [0.25, 0.3) is 0 Å². The topological polar surface area (TPSA) is 88.2 Å². The Bertz CT molecular complexity index is 284. The number of carboxylic acids is 1. The highest BCUT2D eigenvalue weighted by Crippen LogP contribution is 1.96. The van der Waals surface area contributed by atoms with E-state index in [4.69, 9.17) is 9.63 Å². The van der Waals surface area contributed by atoms with Crippen LogP contribution in [0.2, 0.25) is 0 Å². The van der Waals surface area contributed by atoms with Gasteiger partial charge in [0, 0.05) is 6.42 Å². The molecule has 1 aromatic rings. The molecule has 0 aliphatic heterocycles. The number of rotatable bonds is 5. The highest BCUT2D eigenvalue weighted by molar-refractivity contribution is 5.68. The molecular formula is C7H11N3O3. The molecule has 0 aromatic carbocycles. The molecule has 0 spiro atoms. The lowest BCUT2D eigenvalue weighted by Crippen LogP contribution is -2.22. The number of aliphatic carboxylic acids is 1. The first-order chi connectivity index (χ1) is 6.22. The van der Waals surface area contributed by atoms with Crippen LogP contribution < -0.4 is 5.32 Å². The molecule has 0 atom stereocenters. The quantitative estimate of drug-likeness (QED) is 0.660. The summed E-state index contributed by atoms with van der Waals surface area (Å²) in [7, 11) is 0. The Morgan fingerprint density at radius 3 is 3.00 bits per heavy atom. The summed E-state index contributed by atoms with van der Waals surface area (Å²) < 4.78 is 4.82. The van der Waals surface area contributed by atoms with Gasteiger partial charge in [0.05, 0.1) is 13.1 Å². The van der Waals surface area contributed by atoms with Gasteiger partial charge in [-0.3, -0.25) is 10.1 Å². The highest BCUT2D eigenvalue weighted by atomic mass is 16.5. The number of carboxylic acid groups (broad SMARTS) is 1. The van der Waals surface area contributed by atoms with E-state index in [1.807, 2.05) is 6.92 Å². The van der Waals surface area contributed by atoms with Crippen LogP contribution in [0.5, 0.6) is 0 Å².